The highest BCUT2D eigenvalue weighted by Gasteiger charge is 2.20. The smallest absolute Gasteiger partial charge is 0.378 e. The van der Waals surface area contributed by atoms with E-state index in [0.29, 0.717) is 21.5 Å². The van der Waals surface area contributed by atoms with Crippen LogP contribution in [0, 0.1) is 11.3 Å². The summed E-state index contributed by atoms with van der Waals surface area (Å²) in [6, 6.07) is 10.2. The van der Waals surface area contributed by atoms with Crippen LogP contribution in [0.25, 0.3) is 11.1 Å². The van der Waals surface area contributed by atoms with E-state index in [1.807, 2.05) is 6.07 Å². The second-order valence-corrected chi connectivity index (χ2v) is 4.80. The van der Waals surface area contributed by atoms with Crippen LogP contribution in [0.1, 0.15) is 16.1 Å². The molecule has 0 aliphatic rings. The average molecular weight is 327 g/mol. The summed E-state index contributed by atoms with van der Waals surface area (Å²) < 4.78 is 8.64. The van der Waals surface area contributed by atoms with E-state index >= 15 is 0 Å². The summed E-state index contributed by atoms with van der Waals surface area (Å²) in [5, 5.41) is 8.96. The molecule has 1 aromatic carbocycles. The van der Waals surface area contributed by atoms with Crippen molar-refractivity contribution in [2.75, 3.05) is 6.54 Å². The van der Waals surface area contributed by atoms with E-state index in [9.17, 15) is 9.59 Å². The first-order valence-electron chi connectivity index (χ1n) is 6.83. The number of pyridine rings is 1. The molecule has 0 fully saturated rings. The van der Waals surface area contributed by atoms with Crippen LogP contribution in [-0.4, -0.2) is 52.3 Å². The van der Waals surface area contributed by atoms with E-state index in [2.05, 4.69) is 9.64 Å². The van der Waals surface area contributed by atoms with Gasteiger partial charge in [0.25, 0.3) is 5.91 Å². The molecular formula is C15H8B3N3O4. The van der Waals surface area contributed by atoms with Gasteiger partial charge >= 0.3 is 22.1 Å². The number of hydrogen-bond donors (Lipinski definition) is 0. The van der Waals surface area contributed by atoms with Crippen LogP contribution >= 0.6 is 0 Å². The molecule has 0 aliphatic carbocycles. The van der Waals surface area contributed by atoms with Crippen molar-refractivity contribution in [3.05, 3.63) is 47.8 Å². The van der Waals surface area contributed by atoms with Gasteiger partial charge in [-0.15, -0.1) is 0 Å². The SMILES string of the molecule is [B]OC(=O)CN([B])C(=O)c1ncc(-c2cccc(C#N)c2)cc1O[B]. The largest absolute Gasteiger partial charge is 0.566 e. The summed E-state index contributed by atoms with van der Waals surface area (Å²) in [5.74, 6) is -1.78. The number of carbonyl (C=O) groups excluding carboxylic acids is 2. The molecule has 10 heteroatoms. The van der Waals surface area contributed by atoms with Crippen molar-refractivity contribution in [2.45, 2.75) is 0 Å². The van der Waals surface area contributed by atoms with Crippen LogP contribution < -0.4 is 4.65 Å². The van der Waals surface area contributed by atoms with Crippen LogP contribution in [0.15, 0.2) is 36.5 Å². The Bertz CT molecular complexity index is 854. The fourth-order valence-electron chi connectivity index (χ4n) is 2.01. The highest BCUT2D eigenvalue weighted by atomic mass is 16.5. The maximum Gasteiger partial charge on any atom is 0.378 e. The van der Waals surface area contributed by atoms with Crippen molar-refractivity contribution in [3.63, 3.8) is 0 Å². The fourth-order valence-corrected chi connectivity index (χ4v) is 2.01. The molecule has 1 amide bonds. The van der Waals surface area contributed by atoms with E-state index in [-0.39, 0.29) is 11.4 Å². The molecule has 116 valence electrons. The van der Waals surface area contributed by atoms with Gasteiger partial charge in [-0.3, -0.25) is 9.59 Å². The van der Waals surface area contributed by atoms with Crippen LogP contribution in [-0.2, 0) is 9.45 Å². The van der Waals surface area contributed by atoms with Crippen LogP contribution in [0.2, 0.25) is 0 Å². The molecule has 1 heterocycles. The van der Waals surface area contributed by atoms with Crippen molar-refractivity contribution in [1.82, 2.24) is 9.79 Å². The van der Waals surface area contributed by atoms with Crippen molar-refractivity contribution < 1.29 is 18.9 Å². The molecule has 0 atom stereocenters. The summed E-state index contributed by atoms with van der Waals surface area (Å²) in [5.41, 5.74) is 1.51. The maximum absolute atomic E-state index is 12.2. The minimum absolute atomic E-state index is 0.0542. The zero-order chi connectivity index (χ0) is 18.4. The average Bonchev–Trinajstić information content (AvgIpc) is 2.66. The van der Waals surface area contributed by atoms with Crippen molar-refractivity contribution in [2.24, 2.45) is 0 Å². The Morgan fingerprint density at radius 2 is 2.00 bits per heavy atom. The summed E-state index contributed by atoms with van der Waals surface area (Å²) in [7, 11) is 15.4. The molecule has 0 aliphatic heterocycles. The lowest BCUT2D eigenvalue weighted by Crippen LogP contribution is -2.34. The Morgan fingerprint density at radius 1 is 1.24 bits per heavy atom. The summed E-state index contributed by atoms with van der Waals surface area (Å²) in [6.07, 6.45) is 1.39. The number of carbonyl (C=O) groups is 2. The number of nitriles is 1. The normalized spacial score (nSPS) is 9.72. The molecule has 2 rings (SSSR count). The molecule has 25 heavy (non-hydrogen) atoms. The monoisotopic (exact) mass is 327 g/mol. The van der Waals surface area contributed by atoms with E-state index in [0.717, 1.165) is 0 Å². The topological polar surface area (TPSA) is 92.5 Å². The zero-order valence-electron chi connectivity index (χ0n) is 12.9. The Labute approximate surface area is 147 Å². The quantitative estimate of drug-likeness (QED) is 0.731. The molecule has 7 nitrogen and oxygen atoms in total. The number of amides is 1. The maximum atomic E-state index is 12.2. The van der Waals surface area contributed by atoms with Gasteiger partial charge in [-0.1, -0.05) is 12.1 Å². The fraction of sp³-hybridized carbons (Fsp3) is 0.0667. The van der Waals surface area contributed by atoms with Gasteiger partial charge in [-0.2, -0.15) is 5.26 Å². The summed E-state index contributed by atoms with van der Waals surface area (Å²) >= 11 is 0. The van der Waals surface area contributed by atoms with E-state index in [1.54, 1.807) is 24.3 Å². The van der Waals surface area contributed by atoms with E-state index in [1.165, 1.54) is 12.3 Å². The molecule has 0 saturated heterocycles. The van der Waals surface area contributed by atoms with Gasteiger partial charge in [0, 0.05) is 11.8 Å². The van der Waals surface area contributed by atoms with Gasteiger partial charge in [-0.25, -0.2) is 4.98 Å². The van der Waals surface area contributed by atoms with Gasteiger partial charge in [0.15, 0.2) is 5.69 Å². The second-order valence-electron chi connectivity index (χ2n) is 4.80. The predicted molar refractivity (Wildman–Crippen MR) is 89.4 cm³/mol. The van der Waals surface area contributed by atoms with Crippen molar-refractivity contribution in [1.29, 1.82) is 5.26 Å². The van der Waals surface area contributed by atoms with Gasteiger partial charge in [0.2, 0.25) is 7.98 Å². The van der Waals surface area contributed by atoms with Crippen LogP contribution in [0.3, 0.4) is 0 Å². The van der Waals surface area contributed by atoms with Crippen molar-refractivity contribution >= 4 is 36.0 Å². The minimum Gasteiger partial charge on any atom is -0.566 e. The third-order valence-electron chi connectivity index (χ3n) is 3.20. The van der Waals surface area contributed by atoms with Gasteiger partial charge < -0.3 is 14.1 Å². The molecular weight excluding hydrogens is 319 g/mol. The first kappa shape index (κ1) is 18.1. The number of rotatable bonds is 5. The summed E-state index contributed by atoms with van der Waals surface area (Å²) in [4.78, 5) is 27.9. The number of aromatic nitrogens is 1. The highest BCUT2D eigenvalue weighted by molar-refractivity contribution is 6.20. The lowest BCUT2D eigenvalue weighted by atomic mass is 10.0. The Morgan fingerprint density at radius 3 is 2.64 bits per heavy atom. The number of nitrogens with zero attached hydrogens (tertiary/aromatic N) is 3. The van der Waals surface area contributed by atoms with Crippen LogP contribution in [0.4, 0.5) is 0 Å². The number of benzene rings is 1. The Kier molecular flexibility index (Phi) is 5.85. The highest BCUT2D eigenvalue weighted by Crippen LogP contribution is 2.26. The summed E-state index contributed by atoms with van der Waals surface area (Å²) in [6.45, 7) is -0.576. The standard InChI is InChI=1S/C15H8B3N3O4/c16-21(8-13(22)25-18)15(23)14-12(24-17)5-11(7-20-14)10-3-1-2-9(4-10)6-19/h1-5,7H,8H2. The van der Waals surface area contributed by atoms with E-state index < -0.39 is 18.4 Å². The van der Waals surface area contributed by atoms with Gasteiger partial charge in [0.05, 0.1) is 11.6 Å². The minimum atomic E-state index is -0.906. The first-order valence-corrected chi connectivity index (χ1v) is 6.83. The number of hydrogen-bond acceptors (Lipinski definition) is 6. The molecule has 2 aromatic rings. The lowest BCUT2D eigenvalue weighted by molar-refractivity contribution is -0.133. The van der Waals surface area contributed by atoms with Gasteiger partial charge in [-0.05, 0) is 23.8 Å². The molecule has 0 saturated carbocycles. The zero-order valence-corrected chi connectivity index (χ0v) is 12.9. The Balaban J connectivity index is 2.34. The third kappa shape index (κ3) is 4.21. The van der Waals surface area contributed by atoms with E-state index in [4.69, 9.17) is 34.0 Å². The molecule has 1 aromatic heterocycles. The second kappa shape index (κ2) is 8.06. The predicted octanol–water partition coefficient (Wildman–Crippen LogP) is 0.235. The molecule has 0 N–H and O–H groups in total. The van der Waals surface area contributed by atoms with Crippen LogP contribution in [0.5, 0.6) is 5.75 Å². The molecule has 0 spiro atoms. The first-order chi connectivity index (χ1) is 12.0. The molecule has 6 radical (unpaired) electrons. The molecule has 0 bridgehead atoms. The Hall–Kier alpha value is -3.21. The van der Waals surface area contributed by atoms with Gasteiger partial charge in [0.1, 0.15) is 12.3 Å². The third-order valence-corrected chi connectivity index (χ3v) is 3.20. The van der Waals surface area contributed by atoms with Crippen molar-refractivity contribution in [3.8, 4) is 22.9 Å². The lowest BCUT2D eigenvalue weighted by Gasteiger charge is -2.18. The molecule has 0 unspecified atom stereocenters.